The van der Waals surface area contributed by atoms with Gasteiger partial charge in [-0.2, -0.15) is 5.10 Å². The van der Waals surface area contributed by atoms with Crippen molar-refractivity contribution in [2.75, 3.05) is 13.7 Å². The molecule has 32 heavy (non-hydrogen) atoms. The van der Waals surface area contributed by atoms with Crippen molar-refractivity contribution in [1.29, 1.82) is 0 Å². The molecule has 1 aliphatic rings. The number of carbonyl (C=O) groups excluding carboxylic acids is 2. The maximum absolute atomic E-state index is 13.0. The number of ether oxygens (including phenoxy) is 2. The molecule has 4 rings (SSSR count). The van der Waals surface area contributed by atoms with Gasteiger partial charge < -0.3 is 9.47 Å². The summed E-state index contributed by atoms with van der Waals surface area (Å²) in [6, 6.07) is 18.3. The summed E-state index contributed by atoms with van der Waals surface area (Å²) in [4.78, 5) is 26.5. The van der Waals surface area contributed by atoms with Crippen LogP contribution in [0.15, 0.2) is 72.9 Å². The number of rotatable bonds is 5. The van der Waals surface area contributed by atoms with Gasteiger partial charge in [-0.25, -0.2) is 9.59 Å². The van der Waals surface area contributed by atoms with Crippen LogP contribution in [0.25, 0.3) is 5.57 Å². The number of carbonyl (C=O) groups is 2. The van der Waals surface area contributed by atoms with Gasteiger partial charge in [-0.15, -0.1) is 0 Å². The predicted molar refractivity (Wildman–Crippen MR) is 120 cm³/mol. The Balaban J connectivity index is 1.60. The Morgan fingerprint density at radius 2 is 1.81 bits per heavy atom. The second-order valence-electron chi connectivity index (χ2n) is 7.61. The highest BCUT2D eigenvalue weighted by Gasteiger charge is 2.30. The highest BCUT2D eigenvalue weighted by Crippen LogP contribution is 2.34. The molecule has 164 valence electrons. The molecule has 7 heteroatoms. The van der Waals surface area contributed by atoms with E-state index in [0.717, 1.165) is 22.4 Å². The lowest BCUT2D eigenvalue weighted by molar-refractivity contribution is 0.0600. The Labute approximate surface area is 186 Å². The Kier molecular flexibility index (Phi) is 6.35. The van der Waals surface area contributed by atoms with Crippen molar-refractivity contribution < 1.29 is 19.1 Å². The van der Waals surface area contributed by atoms with Gasteiger partial charge in [-0.3, -0.25) is 9.58 Å². The molecule has 3 aromatic rings. The summed E-state index contributed by atoms with van der Waals surface area (Å²) in [5, 5.41) is 4.51. The van der Waals surface area contributed by atoms with E-state index in [-0.39, 0.29) is 18.7 Å². The van der Waals surface area contributed by atoms with E-state index in [4.69, 9.17) is 9.47 Å². The standard InChI is InChI=1S/C25H25N3O4/c1-27-14-13-22(26-27)21-12-15-28(25(30)32-17-18-6-4-3-5-7-18)23(16-21)19-8-10-20(11-9-19)24(29)31-2/h3-11,13-14,16,23H,12,15,17H2,1-2H3/t23-/m0/s1. The normalized spacial score (nSPS) is 15.8. The van der Waals surface area contributed by atoms with E-state index in [1.54, 1.807) is 21.7 Å². The minimum atomic E-state index is -0.399. The Morgan fingerprint density at radius 3 is 2.47 bits per heavy atom. The Hall–Kier alpha value is -3.87. The number of amides is 1. The molecule has 0 spiro atoms. The van der Waals surface area contributed by atoms with E-state index in [1.165, 1.54) is 7.11 Å². The lowest BCUT2D eigenvalue weighted by Crippen LogP contribution is -2.37. The van der Waals surface area contributed by atoms with Crippen LogP contribution in [0.1, 0.15) is 39.6 Å². The lowest BCUT2D eigenvalue weighted by atomic mass is 9.94. The summed E-state index contributed by atoms with van der Waals surface area (Å²) in [5.74, 6) is -0.399. The van der Waals surface area contributed by atoms with E-state index < -0.39 is 5.97 Å². The zero-order chi connectivity index (χ0) is 22.5. The van der Waals surface area contributed by atoms with Gasteiger partial charge in [0.1, 0.15) is 6.61 Å². The van der Waals surface area contributed by atoms with Crippen molar-refractivity contribution >= 4 is 17.6 Å². The highest BCUT2D eigenvalue weighted by molar-refractivity contribution is 5.89. The van der Waals surface area contributed by atoms with Crippen LogP contribution in [0, 0.1) is 0 Å². The quantitative estimate of drug-likeness (QED) is 0.561. The molecule has 1 aliphatic heterocycles. The van der Waals surface area contributed by atoms with Gasteiger partial charge in [-0.1, -0.05) is 48.5 Å². The molecule has 1 atom stereocenters. The summed E-state index contributed by atoms with van der Waals surface area (Å²) >= 11 is 0. The zero-order valence-corrected chi connectivity index (χ0v) is 18.1. The van der Waals surface area contributed by atoms with Gasteiger partial charge in [0, 0.05) is 19.8 Å². The smallest absolute Gasteiger partial charge is 0.410 e. The van der Waals surface area contributed by atoms with E-state index in [9.17, 15) is 9.59 Å². The highest BCUT2D eigenvalue weighted by atomic mass is 16.6. The summed E-state index contributed by atoms with van der Waals surface area (Å²) in [6.45, 7) is 0.709. The number of esters is 1. The largest absolute Gasteiger partial charge is 0.465 e. The van der Waals surface area contributed by atoms with Crippen molar-refractivity contribution in [1.82, 2.24) is 14.7 Å². The molecular weight excluding hydrogens is 406 g/mol. The molecule has 1 aromatic heterocycles. The summed E-state index contributed by atoms with van der Waals surface area (Å²) < 4.78 is 12.2. The minimum absolute atomic E-state index is 0.209. The molecule has 0 N–H and O–H groups in total. The maximum Gasteiger partial charge on any atom is 0.410 e. The molecule has 2 heterocycles. The number of benzene rings is 2. The van der Waals surface area contributed by atoms with Crippen molar-refractivity contribution in [2.45, 2.75) is 19.1 Å². The van der Waals surface area contributed by atoms with Gasteiger partial charge in [0.05, 0.1) is 24.4 Å². The fourth-order valence-electron chi connectivity index (χ4n) is 3.76. The van der Waals surface area contributed by atoms with Crippen LogP contribution >= 0.6 is 0 Å². The molecule has 0 fully saturated rings. The molecule has 0 saturated heterocycles. The third-order valence-corrected chi connectivity index (χ3v) is 5.47. The van der Waals surface area contributed by atoms with Crippen molar-refractivity contribution in [3.63, 3.8) is 0 Å². The third-order valence-electron chi connectivity index (χ3n) is 5.47. The first-order valence-corrected chi connectivity index (χ1v) is 10.4. The first-order chi connectivity index (χ1) is 15.5. The third kappa shape index (κ3) is 4.72. The topological polar surface area (TPSA) is 73.7 Å². The summed E-state index contributed by atoms with van der Waals surface area (Å²) in [7, 11) is 3.23. The maximum atomic E-state index is 13.0. The second kappa shape index (κ2) is 9.51. The van der Waals surface area contributed by atoms with Crippen LogP contribution in [-0.4, -0.2) is 40.4 Å². The minimum Gasteiger partial charge on any atom is -0.465 e. The molecule has 7 nitrogen and oxygen atoms in total. The monoisotopic (exact) mass is 431 g/mol. The van der Waals surface area contributed by atoms with Crippen LogP contribution in [0.4, 0.5) is 4.79 Å². The van der Waals surface area contributed by atoms with Gasteiger partial charge in [-0.05, 0) is 41.3 Å². The predicted octanol–water partition coefficient (Wildman–Crippen LogP) is 4.37. The molecule has 0 radical (unpaired) electrons. The molecular formula is C25H25N3O4. The summed E-state index contributed by atoms with van der Waals surface area (Å²) in [6.07, 6.45) is 4.24. The number of aryl methyl sites for hydroxylation is 1. The molecule has 1 amide bonds. The van der Waals surface area contributed by atoms with Crippen molar-refractivity contribution in [3.8, 4) is 0 Å². The van der Waals surface area contributed by atoms with Crippen LogP contribution in [0.2, 0.25) is 0 Å². The first kappa shape index (κ1) is 21.4. The molecule has 0 bridgehead atoms. The van der Waals surface area contributed by atoms with Gasteiger partial charge in [0.25, 0.3) is 0 Å². The molecule has 0 saturated carbocycles. The summed E-state index contributed by atoms with van der Waals surface area (Å²) in [5.41, 5.74) is 4.23. The van der Waals surface area contributed by atoms with E-state index in [1.807, 2.05) is 67.9 Å². The number of nitrogens with zero attached hydrogens (tertiary/aromatic N) is 3. The van der Waals surface area contributed by atoms with E-state index in [2.05, 4.69) is 5.10 Å². The second-order valence-corrected chi connectivity index (χ2v) is 7.61. The first-order valence-electron chi connectivity index (χ1n) is 10.4. The lowest BCUT2D eigenvalue weighted by Gasteiger charge is -2.34. The van der Waals surface area contributed by atoms with Crippen molar-refractivity contribution in [3.05, 3.63) is 95.3 Å². The molecule has 0 aliphatic carbocycles. The molecule has 0 unspecified atom stereocenters. The number of methoxy groups -OCH3 is 1. The van der Waals surface area contributed by atoms with Crippen molar-refractivity contribution in [2.24, 2.45) is 7.05 Å². The number of hydrogen-bond donors (Lipinski definition) is 0. The Morgan fingerprint density at radius 1 is 1.06 bits per heavy atom. The SMILES string of the molecule is COC(=O)c1ccc([C@@H]2C=C(c3ccn(C)n3)CCN2C(=O)OCc2ccccc2)cc1. The van der Waals surface area contributed by atoms with E-state index in [0.29, 0.717) is 18.5 Å². The number of aromatic nitrogens is 2. The fraction of sp³-hybridized carbons (Fsp3) is 0.240. The van der Waals surface area contributed by atoms with Crippen LogP contribution in [-0.2, 0) is 23.1 Å². The van der Waals surface area contributed by atoms with Crippen LogP contribution in [0.5, 0.6) is 0 Å². The zero-order valence-electron chi connectivity index (χ0n) is 18.1. The average molecular weight is 431 g/mol. The van der Waals surface area contributed by atoms with Gasteiger partial charge >= 0.3 is 12.1 Å². The number of hydrogen-bond acceptors (Lipinski definition) is 5. The van der Waals surface area contributed by atoms with Crippen LogP contribution in [0.3, 0.4) is 0 Å². The van der Waals surface area contributed by atoms with Gasteiger partial charge in [0.15, 0.2) is 0 Å². The average Bonchev–Trinajstić information content (AvgIpc) is 3.28. The van der Waals surface area contributed by atoms with Crippen LogP contribution < -0.4 is 0 Å². The molecule has 2 aromatic carbocycles. The van der Waals surface area contributed by atoms with E-state index >= 15 is 0 Å². The Bertz CT molecular complexity index is 1120. The fourth-order valence-corrected chi connectivity index (χ4v) is 3.76. The van der Waals surface area contributed by atoms with Gasteiger partial charge in [0.2, 0.25) is 0 Å².